The molecular weight excluding hydrogens is 342 g/mol. The number of para-hydroxylation sites is 1. The number of carbonyl (C=O) groups is 1. The molecule has 0 bridgehead atoms. The van der Waals surface area contributed by atoms with Gasteiger partial charge in [0.05, 0.1) is 4.90 Å². The van der Waals surface area contributed by atoms with Gasteiger partial charge in [-0.05, 0) is 37.1 Å². The molecule has 1 aliphatic carbocycles. The highest BCUT2D eigenvalue weighted by Crippen LogP contribution is 2.32. The first kappa shape index (κ1) is 17.6. The Bertz CT molecular complexity index is 814. The van der Waals surface area contributed by atoms with E-state index >= 15 is 0 Å². The van der Waals surface area contributed by atoms with Gasteiger partial charge in [0.15, 0.2) is 5.78 Å². The van der Waals surface area contributed by atoms with Crippen LogP contribution in [0.1, 0.15) is 23.2 Å². The second kappa shape index (κ2) is 7.77. The zero-order valence-electron chi connectivity index (χ0n) is 13.6. The first-order chi connectivity index (χ1) is 12.1. The lowest BCUT2D eigenvalue weighted by atomic mass is 10.1. The van der Waals surface area contributed by atoms with Gasteiger partial charge in [0, 0.05) is 11.5 Å². The van der Waals surface area contributed by atoms with Gasteiger partial charge in [0.25, 0.3) is 10.0 Å². The maximum atomic E-state index is 12.1. The molecule has 2 aromatic carbocycles. The molecule has 0 amide bonds. The van der Waals surface area contributed by atoms with Crippen molar-refractivity contribution >= 4 is 15.8 Å². The maximum absolute atomic E-state index is 12.1. The Morgan fingerprint density at radius 2 is 1.68 bits per heavy atom. The largest absolute Gasteiger partial charge is 0.491 e. The highest BCUT2D eigenvalue weighted by Gasteiger charge is 2.30. The van der Waals surface area contributed by atoms with Crippen molar-refractivity contribution in [2.24, 2.45) is 5.92 Å². The molecule has 0 atom stereocenters. The van der Waals surface area contributed by atoms with E-state index in [1.54, 1.807) is 12.1 Å². The zero-order valence-corrected chi connectivity index (χ0v) is 14.4. The van der Waals surface area contributed by atoms with Crippen LogP contribution in [0, 0.1) is 5.92 Å². The van der Waals surface area contributed by atoms with Crippen molar-refractivity contribution in [3.63, 3.8) is 0 Å². The predicted molar refractivity (Wildman–Crippen MR) is 91.7 cm³/mol. The van der Waals surface area contributed by atoms with Gasteiger partial charge in [-0.25, -0.2) is 8.42 Å². The number of benzene rings is 2. The van der Waals surface area contributed by atoms with Crippen molar-refractivity contribution in [2.45, 2.75) is 17.7 Å². The summed E-state index contributed by atoms with van der Waals surface area (Å²) in [5.41, 5.74) is 0.540. The Kier molecular flexibility index (Phi) is 5.47. The lowest BCUT2D eigenvalue weighted by Crippen LogP contribution is -2.26. The number of hydrogen-bond donors (Lipinski definition) is 1. The monoisotopic (exact) mass is 361 g/mol. The van der Waals surface area contributed by atoms with Gasteiger partial charge in [-0.1, -0.05) is 35.2 Å². The van der Waals surface area contributed by atoms with Gasteiger partial charge >= 0.3 is 0 Å². The molecule has 1 fully saturated rings. The molecule has 0 aliphatic heterocycles. The quantitative estimate of drug-likeness (QED) is 0.422. The van der Waals surface area contributed by atoms with Gasteiger partial charge in [-0.3, -0.25) is 9.63 Å². The average molecular weight is 361 g/mol. The van der Waals surface area contributed by atoms with E-state index in [4.69, 9.17) is 9.57 Å². The van der Waals surface area contributed by atoms with Crippen molar-refractivity contribution in [2.75, 3.05) is 13.2 Å². The van der Waals surface area contributed by atoms with Gasteiger partial charge < -0.3 is 4.74 Å². The minimum atomic E-state index is -3.79. The molecule has 7 heteroatoms. The predicted octanol–water partition coefficient (Wildman–Crippen LogP) is 2.57. The summed E-state index contributed by atoms with van der Waals surface area (Å²) in [6, 6.07) is 15.0. The Morgan fingerprint density at radius 3 is 2.32 bits per heavy atom. The van der Waals surface area contributed by atoms with Crippen molar-refractivity contribution in [1.82, 2.24) is 4.89 Å². The summed E-state index contributed by atoms with van der Waals surface area (Å²) in [6.45, 7) is 0.272. The number of sulfonamides is 1. The molecule has 6 nitrogen and oxygen atoms in total. The van der Waals surface area contributed by atoms with E-state index in [0.29, 0.717) is 11.3 Å². The fraction of sp³-hybridized carbons (Fsp3) is 0.278. The van der Waals surface area contributed by atoms with E-state index < -0.39 is 10.0 Å². The van der Waals surface area contributed by atoms with Crippen LogP contribution in [0.2, 0.25) is 0 Å². The lowest BCUT2D eigenvalue weighted by molar-refractivity contribution is 0.0665. The van der Waals surface area contributed by atoms with Crippen LogP contribution in [0.25, 0.3) is 0 Å². The van der Waals surface area contributed by atoms with Gasteiger partial charge in [-0.2, -0.15) is 0 Å². The van der Waals surface area contributed by atoms with Crippen molar-refractivity contribution in [3.8, 4) is 5.75 Å². The summed E-state index contributed by atoms with van der Waals surface area (Å²) in [5.74, 6) is 0.865. The smallest absolute Gasteiger partial charge is 0.262 e. The summed E-state index contributed by atoms with van der Waals surface area (Å²) in [6.07, 6.45) is 1.83. The molecule has 0 aromatic heterocycles. The Balaban J connectivity index is 1.47. The van der Waals surface area contributed by atoms with Crippen molar-refractivity contribution in [3.05, 3.63) is 60.2 Å². The van der Waals surface area contributed by atoms with E-state index in [0.717, 1.165) is 12.8 Å². The summed E-state index contributed by atoms with van der Waals surface area (Å²) < 4.78 is 29.7. The van der Waals surface area contributed by atoms with Crippen LogP contribution < -0.4 is 9.62 Å². The summed E-state index contributed by atoms with van der Waals surface area (Å²) in [4.78, 5) is 19.0. The number of ether oxygens (including phenoxy) is 1. The van der Waals surface area contributed by atoms with E-state index in [1.807, 2.05) is 18.2 Å². The van der Waals surface area contributed by atoms with Crippen LogP contribution in [-0.4, -0.2) is 27.4 Å². The number of carbonyl (C=O) groups excluding carboxylic acids is 1. The summed E-state index contributed by atoms with van der Waals surface area (Å²) in [7, 11) is -3.79. The van der Waals surface area contributed by atoms with Crippen LogP contribution in [0.5, 0.6) is 5.75 Å². The second-order valence-electron chi connectivity index (χ2n) is 5.76. The van der Waals surface area contributed by atoms with Crippen LogP contribution in [0.15, 0.2) is 59.5 Å². The molecule has 132 valence electrons. The van der Waals surface area contributed by atoms with E-state index in [1.165, 1.54) is 24.3 Å². The number of hydrogen-bond acceptors (Lipinski definition) is 5. The van der Waals surface area contributed by atoms with Gasteiger partial charge in [-0.15, -0.1) is 0 Å². The number of rotatable bonds is 9. The molecule has 0 saturated heterocycles. The fourth-order valence-electron chi connectivity index (χ4n) is 2.26. The molecule has 1 saturated carbocycles. The van der Waals surface area contributed by atoms with Crippen LogP contribution in [0.4, 0.5) is 0 Å². The third-order valence-electron chi connectivity index (χ3n) is 3.76. The molecule has 0 radical (unpaired) electrons. The lowest BCUT2D eigenvalue weighted by Gasteiger charge is -2.09. The normalized spacial score (nSPS) is 14.2. The summed E-state index contributed by atoms with van der Waals surface area (Å²) >= 11 is 0. The average Bonchev–Trinajstić information content (AvgIpc) is 3.47. The highest BCUT2D eigenvalue weighted by atomic mass is 32.2. The number of nitrogens with one attached hydrogen (secondary N) is 1. The maximum Gasteiger partial charge on any atom is 0.262 e. The van der Waals surface area contributed by atoms with Crippen LogP contribution >= 0.6 is 0 Å². The summed E-state index contributed by atoms with van der Waals surface area (Å²) in [5, 5.41) is 0. The molecule has 1 N–H and O–H groups in total. The molecular formula is C18H19NO5S. The Hall–Kier alpha value is -2.22. The fourth-order valence-corrected chi connectivity index (χ4v) is 3.09. The van der Waals surface area contributed by atoms with Crippen molar-refractivity contribution < 1.29 is 22.8 Å². The zero-order chi connectivity index (χ0) is 17.7. The standard InChI is InChI=1S/C18H19NO5S/c20-18(14-6-7-14)15-8-10-17(11-9-15)25(21,22)19-24-13-12-23-16-4-2-1-3-5-16/h1-5,8-11,14,19H,6-7,12-13H2. The van der Waals surface area contributed by atoms with E-state index in [9.17, 15) is 13.2 Å². The van der Waals surface area contributed by atoms with Gasteiger partial charge in [0.1, 0.15) is 19.0 Å². The molecule has 2 aromatic rings. The van der Waals surface area contributed by atoms with Crippen LogP contribution in [-0.2, 0) is 14.9 Å². The topological polar surface area (TPSA) is 81.7 Å². The number of ketones is 1. The molecule has 0 spiro atoms. The first-order valence-electron chi connectivity index (χ1n) is 8.02. The SMILES string of the molecule is O=C(c1ccc(S(=O)(=O)NOCCOc2ccccc2)cc1)C1CC1. The Morgan fingerprint density at radius 1 is 1.00 bits per heavy atom. The molecule has 3 rings (SSSR count). The van der Waals surface area contributed by atoms with Crippen molar-refractivity contribution in [1.29, 1.82) is 0 Å². The third kappa shape index (κ3) is 4.88. The molecule has 25 heavy (non-hydrogen) atoms. The molecule has 0 heterocycles. The molecule has 1 aliphatic rings. The first-order valence-corrected chi connectivity index (χ1v) is 9.50. The Labute approximate surface area is 146 Å². The highest BCUT2D eigenvalue weighted by molar-refractivity contribution is 7.89. The second-order valence-corrected chi connectivity index (χ2v) is 7.40. The number of Topliss-reactive ketones (excluding diaryl/α,β-unsaturated/α-hetero) is 1. The van der Waals surface area contributed by atoms with E-state index in [2.05, 4.69) is 4.89 Å². The molecule has 0 unspecified atom stereocenters. The minimum absolute atomic E-state index is 0.0452. The van der Waals surface area contributed by atoms with E-state index in [-0.39, 0.29) is 29.8 Å². The minimum Gasteiger partial charge on any atom is -0.491 e. The third-order valence-corrected chi connectivity index (χ3v) is 4.99. The van der Waals surface area contributed by atoms with Gasteiger partial charge in [0.2, 0.25) is 0 Å². The van der Waals surface area contributed by atoms with Crippen LogP contribution in [0.3, 0.4) is 0 Å².